The van der Waals surface area contributed by atoms with Crippen molar-refractivity contribution >= 4 is 5.91 Å². The number of amides is 1. The molecule has 0 radical (unpaired) electrons. The van der Waals surface area contributed by atoms with Crippen molar-refractivity contribution in [2.45, 2.75) is 19.4 Å². The molecule has 1 fully saturated rings. The van der Waals surface area contributed by atoms with E-state index in [9.17, 15) is 4.79 Å². The van der Waals surface area contributed by atoms with Gasteiger partial charge in [-0.25, -0.2) is 0 Å². The Kier molecular flexibility index (Phi) is 5.81. The van der Waals surface area contributed by atoms with Crippen LogP contribution in [0.3, 0.4) is 0 Å². The van der Waals surface area contributed by atoms with Crippen molar-refractivity contribution < 1.29 is 9.53 Å². The second-order valence-corrected chi connectivity index (χ2v) is 8.07. The second kappa shape index (κ2) is 8.67. The number of likely N-dealkylation sites (tertiary alicyclic amines) is 1. The van der Waals surface area contributed by atoms with Crippen molar-refractivity contribution in [2.24, 2.45) is 11.1 Å². The number of nitrogens with zero attached hydrogens (tertiary/aromatic N) is 2. The number of carbonyl (C=O) groups is 1. The molecule has 2 N–H and O–H groups in total. The summed E-state index contributed by atoms with van der Waals surface area (Å²) in [6.07, 6.45) is 5.00. The molecular formula is C25H27N3O2. The first kappa shape index (κ1) is 20.1. The predicted octanol–water partition coefficient (Wildman–Crippen LogP) is 3.68. The summed E-state index contributed by atoms with van der Waals surface area (Å²) in [6, 6.07) is 20.4. The zero-order valence-corrected chi connectivity index (χ0v) is 17.3. The normalized spacial score (nSPS) is 19.0. The van der Waals surface area contributed by atoms with Crippen molar-refractivity contribution in [3.8, 4) is 16.9 Å². The van der Waals surface area contributed by atoms with Gasteiger partial charge >= 0.3 is 0 Å². The lowest BCUT2D eigenvalue weighted by Gasteiger charge is -2.26. The van der Waals surface area contributed by atoms with E-state index >= 15 is 0 Å². The highest BCUT2D eigenvalue weighted by Crippen LogP contribution is 2.36. The van der Waals surface area contributed by atoms with Crippen LogP contribution in [0.15, 0.2) is 73.1 Å². The van der Waals surface area contributed by atoms with Crippen LogP contribution in [-0.4, -0.2) is 36.0 Å². The summed E-state index contributed by atoms with van der Waals surface area (Å²) in [6.45, 7) is 2.30. The molecule has 1 saturated heterocycles. The van der Waals surface area contributed by atoms with Crippen molar-refractivity contribution in [3.63, 3.8) is 0 Å². The molecular weight excluding hydrogens is 374 g/mol. The highest BCUT2D eigenvalue weighted by Gasteiger charge is 2.43. The van der Waals surface area contributed by atoms with Gasteiger partial charge in [-0.2, -0.15) is 0 Å². The molecule has 1 aliphatic heterocycles. The van der Waals surface area contributed by atoms with E-state index in [0.717, 1.165) is 42.0 Å². The molecule has 3 aromatic rings. The zero-order valence-electron chi connectivity index (χ0n) is 17.3. The number of carbonyl (C=O) groups excluding carboxylic acids is 1. The fourth-order valence-electron chi connectivity index (χ4n) is 4.35. The molecule has 4 rings (SSSR count). The number of primary amides is 1. The number of nitrogens with two attached hydrogens (primary N) is 1. The summed E-state index contributed by atoms with van der Waals surface area (Å²) in [5.74, 6) is 0.630. The summed E-state index contributed by atoms with van der Waals surface area (Å²) >= 11 is 0. The average Bonchev–Trinajstić information content (AvgIpc) is 3.18. The number of benzene rings is 2. The van der Waals surface area contributed by atoms with Crippen molar-refractivity contribution in [1.29, 1.82) is 0 Å². The first-order valence-electron chi connectivity index (χ1n) is 10.2. The lowest BCUT2D eigenvalue weighted by Crippen LogP contribution is -2.41. The van der Waals surface area contributed by atoms with E-state index in [0.29, 0.717) is 13.0 Å². The minimum absolute atomic E-state index is 0.218. The molecule has 1 aliphatic rings. The van der Waals surface area contributed by atoms with E-state index in [4.69, 9.17) is 10.5 Å². The van der Waals surface area contributed by atoms with Gasteiger partial charge < -0.3 is 10.5 Å². The zero-order chi connectivity index (χ0) is 21.0. The van der Waals surface area contributed by atoms with Gasteiger partial charge in [-0.1, -0.05) is 36.4 Å². The number of rotatable bonds is 7. The van der Waals surface area contributed by atoms with Crippen molar-refractivity contribution in [3.05, 3.63) is 84.2 Å². The predicted molar refractivity (Wildman–Crippen MR) is 118 cm³/mol. The number of methoxy groups -OCH3 is 1. The van der Waals surface area contributed by atoms with Crippen LogP contribution in [0.5, 0.6) is 5.75 Å². The lowest BCUT2D eigenvalue weighted by molar-refractivity contribution is -0.127. The van der Waals surface area contributed by atoms with Gasteiger partial charge in [0.2, 0.25) is 5.91 Å². The lowest BCUT2D eigenvalue weighted by atomic mass is 9.79. The maximum atomic E-state index is 12.5. The van der Waals surface area contributed by atoms with Crippen molar-refractivity contribution in [2.75, 3.05) is 20.2 Å². The molecule has 5 nitrogen and oxygen atoms in total. The highest BCUT2D eigenvalue weighted by atomic mass is 16.5. The third kappa shape index (κ3) is 4.36. The van der Waals surface area contributed by atoms with Gasteiger partial charge in [0.05, 0.1) is 12.5 Å². The number of hydrogen-bond donors (Lipinski definition) is 1. The molecule has 1 amide bonds. The molecule has 5 heteroatoms. The Hall–Kier alpha value is -3.18. The van der Waals surface area contributed by atoms with E-state index in [1.807, 2.05) is 36.4 Å². The van der Waals surface area contributed by atoms with E-state index in [1.165, 1.54) is 5.56 Å². The summed E-state index contributed by atoms with van der Waals surface area (Å²) in [5, 5.41) is 0. The van der Waals surface area contributed by atoms with Crippen LogP contribution in [0.4, 0.5) is 0 Å². The molecule has 1 atom stereocenters. The summed E-state index contributed by atoms with van der Waals surface area (Å²) in [5.41, 5.74) is 9.94. The molecule has 1 aromatic heterocycles. The second-order valence-electron chi connectivity index (χ2n) is 8.07. The quantitative estimate of drug-likeness (QED) is 0.656. The topological polar surface area (TPSA) is 68.4 Å². The van der Waals surface area contributed by atoms with E-state index < -0.39 is 5.41 Å². The molecule has 154 valence electrons. The van der Waals surface area contributed by atoms with Gasteiger partial charge in [-0.15, -0.1) is 0 Å². The van der Waals surface area contributed by atoms with E-state index in [2.05, 4.69) is 34.1 Å². The van der Waals surface area contributed by atoms with Crippen LogP contribution < -0.4 is 10.5 Å². The minimum atomic E-state index is -0.546. The first-order valence-corrected chi connectivity index (χ1v) is 10.2. The Bertz CT molecular complexity index is 1020. The fourth-order valence-corrected chi connectivity index (χ4v) is 4.35. The van der Waals surface area contributed by atoms with Gasteiger partial charge in [0, 0.05) is 25.5 Å². The Labute approximate surface area is 177 Å². The molecule has 0 unspecified atom stereocenters. The van der Waals surface area contributed by atoms with Crippen LogP contribution in [0.2, 0.25) is 0 Å². The standard InChI is InChI=1S/C25H27N3O2/c1-30-23-7-3-5-20(15-23)17-28-13-10-25(18-28,24(26)29)16-19-4-2-6-22(14-19)21-8-11-27-12-9-21/h2-9,11-12,14-15H,10,13,16-18H2,1H3,(H2,26,29)/t25-/m1/s1. The fraction of sp³-hybridized carbons (Fsp3) is 0.280. The maximum absolute atomic E-state index is 12.5. The van der Waals surface area contributed by atoms with Crippen molar-refractivity contribution in [1.82, 2.24) is 9.88 Å². The Balaban J connectivity index is 1.51. The van der Waals surface area contributed by atoms with Crippen LogP contribution in [0.1, 0.15) is 17.5 Å². The van der Waals surface area contributed by atoms with Gasteiger partial charge in [0.25, 0.3) is 0 Å². The Morgan fingerprint density at radius 3 is 2.60 bits per heavy atom. The third-order valence-electron chi connectivity index (χ3n) is 5.98. The molecule has 0 saturated carbocycles. The summed E-state index contributed by atoms with van der Waals surface area (Å²) in [7, 11) is 1.67. The van der Waals surface area contributed by atoms with E-state index in [1.54, 1.807) is 19.5 Å². The molecule has 30 heavy (non-hydrogen) atoms. The van der Waals surface area contributed by atoms with Gasteiger partial charge in [-0.3, -0.25) is 14.7 Å². The smallest absolute Gasteiger partial charge is 0.225 e. The van der Waals surface area contributed by atoms with E-state index in [-0.39, 0.29) is 5.91 Å². The SMILES string of the molecule is COc1cccc(CN2CC[C@](Cc3cccc(-c4ccncc4)c3)(C(N)=O)C2)c1. The van der Waals surface area contributed by atoms with Gasteiger partial charge in [-0.05, 0) is 65.9 Å². The molecule has 2 aromatic carbocycles. The summed E-state index contributed by atoms with van der Waals surface area (Å²) in [4.78, 5) is 18.9. The minimum Gasteiger partial charge on any atom is -0.497 e. The van der Waals surface area contributed by atoms with Crippen LogP contribution in [0.25, 0.3) is 11.1 Å². The van der Waals surface area contributed by atoms with Crippen LogP contribution >= 0.6 is 0 Å². The summed E-state index contributed by atoms with van der Waals surface area (Å²) < 4.78 is 5.33. The number of ether oxygens (including phenoxy) is 1. The monoisotopic (exact) mass is 401 g/mol. The Morgan fingerprint density at radius 2 is 1.83 bits per heavy atom. The maximum Gasteiger partial charge on any atom is 0.225 e. The van der Waals surface area contributed by atoms with Crippen LogP contribution in [-0.2, 0) is 17.8 Å². The Morgan fingerprint density at radius 1 is 1.07 bits per heavy atom. The third-order valence-corrected chi connectivity index (χ3v) is 5.98. The number of aromatic nitrogens is 1. The number of hydrogen-bond acceptors (Lipinski definition) is 4. The van der Waals surface area contributed by atoms with Gasteiger partial charge in [0.1, 0.15) is 5.75 Å². The van der Waals surface area contributed by atoms with Gasteiger partial charge in [0.15, 0.2) is 0 Å². The van der Waals surface area contributed by atoms with Crippen LogP contribution in [0, 0.1) is 5.41 Å². The molecule has 0 spiro atoms. The molecule has 0 bridgehead atoms. The largest absolute Gasteiger partial charge is 0.497 e. The average molecular weight is 402 g/mol. The highest BCUT2D eigenvalue weighted by molar-refractivity contribution is 5.82. The number of pyridine rings is 1. The first-order chi connectivity index (χ1) is 14.6. The molecule has 2 heterocycles. The molecule has 0 aliphatic carbocycles.